The number of rotatable bonds is 6. The van der Waals surface area contributed by atoms with Crippen LogP contribution in [0.3, 0.4) is 0 Å². The number of imidazole rings is 2. The average molecular weight is 459 g/mol. The molecule has 0 radical (unpaired) electrons. The van der Waals surface area contributed by atoms with Crippen molar-refractivity contribution in [3.63, 3.8) is 0 Å². The first kappa shape index (κ1) is 22.1. The van der Waals surface area contributed by atoms with Gasteiger partial charge in [-0.05, 0) is 0 Å². The zero-order valence-corrected chi connectivity index (χ0v) is 17.9. The smallest absolute Gasteiger partial charge is 0.303 e. The molecule has 2 N–H and O–H groups in total. The third kappa shape index (κ3) is 4.45. The summed E-state index contributed by atoms with van der Waals surface area (Å²) >= 11 is 0. The van der Waals surface area contributed by atoms with Crippen LogP contribution in [0.5, 0.6) is 0 Å². The molecule has 0 unspecified atom stereocenters. The molecule has 0 spiro atoms. The van der Waals surface area contributed by atoms with Crippen LogP contribution in [-0.4, -0.2) is 71.9 Å². The number of aromatic nitrogens is 6. The Morgan fingerprint density at radius 1 is 1.06 bits per heavy atom. The minimum Gasteiger partial charge on any atom is -0.463 e. The Morgan fingerprint density at radius 2 is 1.79 bits per heavy atom. The molecule has 0 bridgehead atoms. The third-order valence-electron chi connectivity index (χ3n) is 4.78. The molecule has 0 saturated carbocycles. The molecule has 1 fully saturated rings. The van der Waals surface area contributed by atoms with Gasteiger partial charge >= 0.3 is 17.9 Å². The summed E-state index contributed by atoms with van der Waals surface area (Å²) < 4.78 is 25.0. The molecule has 0 amide bonds. The number of ether oxygens (including phenoxy) is 4. The predicted molar refractivity (Wildman–Crippen MR) is 109 cm³/mol. The third-order valence-corrected chi connectivity index (χ3v) is 4.78. The van der Waals surface area contributed by atoms with Gasteiger partial charge in [0, 0.05) is 33.2 Å². The lowest BCUT2D eigenvalue weighted by atomic mass is 10.1. The van der Waals surface area contributed by atoms with E-state index in [1.165, 1.54) is 38.0 Å². The highest BCUT2D eigenvalue weighted by molar-refractivity contribution is 5.80. The summed E-state index contributed by atoms with van der Waals surface area (Å²) in [7, 11) is 0. The molecule has 0 aromatic carbocycles. The fraction of sp³-hybridized carbons (Fsp3) is 0.421. The Labute approximate surface area is 186 Å². The summed E-state index contributed by atoms with van der Waals surface area (Å²) in [5.74, 6) is -1.46. The van der Waals surface area contributed by atoms with Crippen LogP contribution in [0.25, 0.3) is 17.0 Å². The van der Waals surface area contributed by atoms with Gasteiger partial charge in [0.1, 0.15) is 19.0 Å². The van der Waals surface area contributed by atoms with Crippen LogP contribution in [0.1, 0.15) is 27.0 Å². The quantitative estimate of drug-likeness (QED) is 0.384. The van der Waals surface area contributed by atoms with Gasteiger partial charge in [-0.3, -0.25) is 23.5 Å². The van der Waals surface area contributed by atoms with Crippen LogP contribution in [0, 0.1) is 0 Å². The lowest BCUT2D eigenvalue weighted by molar-refractivity contribution is -0.166. The molecular formula is C19H21N7O7. The van der Waals surface area contributed by atoms with Crippen LogP contribution >= 0.6 is 0 Å². The van der Waals surface area contributed by atoms with Crippen molar-refractivity contribution >= 4 is 35.0 Å². The summed E-state index contributed by atoms with van der Waals surface area (Å²) in [6.07, 6.45) is 2.10. The highest BCUT2D eigenvalue weighted by Gasteiger charge is 2.51. The van der Waals surface area contributed by atoms with Crippen molar-refractivity contribution in [2.75, 3.05) is 12.3 Å². The Balaban J connectivity index is 1.79. The van der Waals surface area contributed by atoms with E-state index in [0.717, 1.165) is 0 Å². The monoisotopic (exact) mass is 459 g/mol. The second-order valence-corrected chi connectivity index (χ2v) is 7.22. The van der Waals surface area contributed by atoms with Crippen molar-refractivity contribution in [2.24, 2.45) is 0 Å². The summed E-state index contributed by atoms with van der Waals surface area (Å²) in [6, 6.07) is 0. The molecule has 14 nitrogen and oxygen atoms in total. The van der Waals surface area contributed by atoms with E-state index >= 15 is 0 Å². The van der Waals surface area contributed by atoms with Gasteiger partial charge in [0.25, 0.3) is 0 Å². The van der Waals surface area contributed by atoms with Crippen LogP contribution in [0.15, 0.2) is 25.0 Å². The van der Waals surface area contributed by atoms with Gasteiger partial charge < -0.3 is 24.7 Å². The first-order valence-corrected chi connectivity index (χ1v) is 9.86. The van der Waals surface area contributed by atoms with Crippen molar-refractivity contribution in [2.45, 2.75) is 45.3 Å². The van der Waals surface area contributed by atoms with E-state index < -0.39 is 42.4 Å². The van der Waals surface area contributed by atoms with Gasteiger partial charge in [-0.1, -0.05) is 0 Å². The predicted octanol–water partition coefficient (Wildman–Crippen LogP) is -0.0819. The molecule has 4 rings (SSSR count). The summed E-state index contributed by atoms with van der Waals surface area (Å²) in [4.78, 5) is 51.8. The number of hydrogen-bond acceptors (Lipinski definition) is 12. The van der Waals surface area contributed by atoms with E-state index in [2.05, 4.69) is 19.9 Å². The Bertz CT molecular complexity index is 1190. The van der Waals surface area contributed by atoms with E-state index in [1.807, 2.05) is 0 Å². The number of hydrogen-bond donors (Lipinski definition) is 1. The van der Waals surface area contributed by atoms with Crippen molar-refractivity contribution in [3.8, 4) is 5.82 Å². The largest absolute Gasteiger partial charge is 0.463 e. The minimum absolute atomic E-state index is 0.0389. The van der Waals surface area contributed by atoms with E-state index in [1.54, 1.807) is 17.0 Å². The van der Waals surface area contributed by atoms with E-state index in [-0.39, 0.29) is 18.2 Å². The first-order valence-electron chi connectivity index (χ1n) is 9.86. The maximum absolute atomic E-state index is 11.9. The molecule has 1 aliphatic rings. The normalized spacial score (nSPS) is 22.3. The van der Waals surface area contributed by atoms with Gasteiger partial charge in [-0.2, -0.15) is 9.97 Å². The van der Waals surface area contributed by atoms with E-state index in [9.17, 15) is 14.4 Å². The molecule has 0 aliphatic carbocycles. The molecule has 3 aromatic rings. The van der Waals surface area contributed by atoms with Crippen molar-refractivity contribution in [1.82, 2.24) is 29.1 Å². The summed E-state index contributed by atoms with van der Waals surface area (Å²) in [5, 5.41) is 0. The molecule has 4 heterocycles. The van der Waals surface area contributed by atoms with Gasteiger partial charge in [0.2, 0.25) is 5.95 Å². The van der Waals surface area contributed by atoms with Crippen molar-refractivity contribution in [1.29, 1.82) is 0 Å². The zero-order chi connectivity index (χ0) is 23.7. The van der Waals surface area contributed by atoms with Crippen LogP contribution in [-0.2, 0) is 33.3 Å². The average Bonchev–Trinajstić information content (AvgIpc) is 3.46. The number of fused-ring (bicyclic) bond motifs is 1. The molecule has 33 heavy (non-hydrogen) atoms. The minimum atomic E-state index is -1.09. The van der Waals surface area contributed by atoms with Gasteiger partial charge in [-0.15, -0.1) is 0 Å². The number of carbonyl (C=O) groups excluding carboxylic acids is 3. The van der Waals surface area contributed by atoms with E-state index in [0.29, 0.717) is 11.3 Å². The maximum Gasteiger partial charge on any atom is 0.303 e. The fourth-order valence-electron chi connectivity index (χ4n) is 3.59. The highest BCUT2D eigenvalue weighted by Crippen LogP contribution is 2.36. The van der Waals surface area contributed by atoms with Gasteiger partial charge in [0.15, 0.2) is 35.4 Å². The number of esters is 3. The zero-order valence-electron chi connectivity index (χ0n) is 17.9. The van der Waals surface area contributed by atoms with Gasteiger partial charge in [0.05, 0.1) is 6.33 Å². The van der Waals surface area contributed by atoms with Crippen LogP contribution < -0.4 is 5.73 Å². The molecule has 1 aliphatic heterocycles. The Hall–Kier alpha value is -4.07. The molecule has 4 atom stereocenters. The second-order valence-electron chi connectivity index (χ2n) is 7.22. The Morgan fingerprint density at radius 3 is 2.42 bits per heavy atom. The van der Waals surface area contributed by atoms with Crippen LogP contribution in [0.2, 0.25) is 0 Å². The summed E-state index contributed by atoms with van der Waals surface area (Å²) in [5.41, 5.74) is 6.58. The first-order chi connectivity index (χ1) is 15.7. The van der Waals surface area contributed by atoms with Gasteiger partial charge in [-0.25, -0.2) is 9.97 Å². The fourth-order valence-corrected chi connectivity index (χ4v) is 3.59. The molecule has 14 heteroatoms. The molecule has 174 valence electrons. The highest BCUT2D eigenvalue weighted by atomic mass is 16.7. The SMILES string of the molecule is CC(=O)OC[C@H]1O[C@@H](n2cnc3c(-n4ccnc4)nc(N)nc32)[C@H](OC(C)=O)[C@@H]1OC(C)=O. The lowest BCUT2D eigenvalue weighted by Crippen LogP contribution is -2.40. The van der Waals surface area contributed by atoms with Crippen molar-refractivity contribution < 1.29 is 33.3 Å². The molecule has 3 aromatic heterocycles. The number of anilines is 1. The number of nitrogens with two attached hydrogens (primary N) is 1. The molecular weight excluding hydrogens is 438 g/mol. The standard InChI is InChI=1S/C19H21N7O7/c1-9(27)30-6-12-14(31-10(2)28)15(32-11(3)29)18(33-12)26-8-22-13-16(25-5-4-21-7-25)23-19(20)24-17(13)26/h4-5,7-8,12,14-15,18H,6H2,1-3H3,(H2,20,23,24)/t12-,14-,15-,18-/m1/s1. The number of nitrogen functional groups attached to an aromatic ring is 1. The van der Waals surface area contributed by atoms with E-state index in [4.69, 9.17) is 24.7 Å². The Kier molecular flexibility index (Phi) is 5.91. The topological polar surface area (TPSA) is 176 Å². The summed E-state index contributed by atoms with van der Waals surface area (Å²) in [6.45, 7) is 3.42. The second kappa shape index (κ2) is 8.82. The lowest BCUT2D eigenvalue weighted by Gasteiger charge is -2.23. The van der Waals surface area contributed by atoms with Crippen LogP contribution in [0.4, 0.5) is 5.95 Å². The number of nitrogens with zero attached hydrogens (tertiary/aromatic N) is 6. The maximum atomic E-state index is 11.9. The number of carbonyl (C=O) groups is 3. The van der Waals surface area contributed by atoms with Crippen molar-refractivity contribution in [3.05, 3.63) is 25.0 Å². The molecule has 1 saturated heterocycles.